The first-order valence-corrected chi connectivity index (χ1v) is 11.4. The summed E-state index contributed by atoms with van der Waals surface area (Å²) in [5, 5.41) is 0.151. The molecule has 2 rings (SSSR count). The molecule has 0 unspecified atom stereocenters. The summed E-state index contributed by atoms with van der Waals surface area (Å²) in [5.41, 5.74) is 1.16. The molecule has 3 heteroatoms. The molecule has 0 spiro atoms. The number of ketones is 1. The van der Waals surface area contributed by atoms with Gasteiger partial charge in [0.05, 0.1) is 6.10 Å². The van der Waals surface area contributed by atoms with Crippen LogP contribution in [0.5, 0.6) is 0 Å². The Labute approximate surface area is 136 Å². The van der Waals surface area contributed by atoms with Gasteiger partial charge in [-0.05, 0) is 36.5 Å². The van der Waals surface area contributed by atoms with Gasteiger partial charge < -0.3 is 4.43 Å². The second-order valence-corrected chi connectivity index (χ2v) is 12.8. The second kappa shape index (κ2) is 6.67. The van der Waals surface area contributed by atoms with E-state index in [0.29, 0.717) is 5.78 Å². The minimum Gasteiger partial charge on any atom is -0.409 e. The number of rotatable bonds is 4. The maximum Gasteiger partial charge on any atom is 0.192 e. The second-order valence-electron chi connectivity index (χ2n) is 8.03. The zero-order chi connectivity index (χ0) is 16.4. The smallest absolute Gasteiger partial charge is 0.192 e. The van der Waals surface area contributed by atoms with Gasteiger partial charge in [0.15, 0.2) is 8.32 Å². The van der Waals surface area contributed by atoms with Crippen LogP contribution in [-0.4, -0.2) is 14.1 Å². The van der Waals surface area contributed by atoms with Gasteiger partial charge in [-0.2, -0.15) is 0 Å². The molecule has 0 radical (unpaired) electrons. The van der Waals surface area contributed by atoms with Gasteiger partial charge in [0, 0.05) is 12.3 Å². The highest BCUT2D eigenvalue weighted by Crippen LogP contribution is 2.43. The quantitative estimate of drug-likeness (QED) is 0.684. The van der Waals surface area contributed by atoms with Crippen molar-refractivity contribution < 1.29 is 9.22 Å². The summed E-state index contributed by atoms with van der Waals surface area (Å²) >= 11 is 0. The van der Waals surface area contributed by atoms with Gasteiger partial charge in [-0.3, -0.25) is 4.79 Å². The Balaban J connectivity index is 2.32. The number of carbonyl (C=O) groups excluding carboxylic acids is 1. The number of carbonyl (C=O) groups is 1. The summed E-state index contributed by atoms with van der Waals surface area (Å²) in [6.45, 7) is 11.3. The lowest BCUT2D eigenvalue weighted by Crippen LogP contribution is -2.44. The number of hydrogen-bond donors (Lipinski definition) is 0. The Morgan fingerprint density at radius 2 is 1.77 bits per heavy atom. The lowest BCUT2D eigenvalue weighted by molar-refractivity contribution is -0.128. The number of hydrogen-bond acceptors (Lipinski definition) is 2. The zero-order valence-corrected chi connectivity index (χ0v) is 15.7. The molecule has 1 aromatic rings. The molecule has 0 heterocycles. The van der Waals surface area contributed by atoms with Gasteiger partial charge in [-0.1, -0.05) is 57.5 Å². The average molecular weight is 319 g/mol. The third-order valence-corrected chi connectivity index (χ3v) is 9.78. The van der Waals surface area contributed by atoms with Crippen molar-refractivity contribution in [3.8, 4) is 0 Å². The van der Waals surface area contributed by atoms with Crippen LogP contribution in [0, 0.1) is 5.92 Å². The SMILES string of the molecule is CC(C)(C)[Si](C)(C)O[C@H](c1ccccc1)[C@H]1CCCCC1=O. The largest absolute Gasteiger partial charge is 0.409 e. The first-order chi connectivity index (χ1) is 10.2. The van der Waals surface area contributed by atoms with Gasteiger partial charge in [0.2, 0.25) is 0 Å². The standard InChI is InChI=1S/C19H30O2Si/c1-19(2,3)22(4,5)21-18(15-11-7-6-8-12-15)16-13-9-10-14-17(16)20/h6-8,11-12,16,18H,9-10,13-14H2,1-5H3/t16-,18+/m0/s1. The molecule has 0 aliphatic heterocycles. The van der Waals surface area contributed by atoms with Crippen molar-refractivity contribution in [2.75, 3.05) is 0 Å². The van der Waals surface area contributed by atoms with Crippen molar-refractivity contribution in [1.82, 2.24) is 0 Å². The molecule has 1 aliphatic rings. The van der Waals surface area contributed by atoms with Crippen molar-refractivity contribution in [1.29, 1.82) is 0 Å². The molecule has 1 fully saturated rings. The van der Waals surface area contributed by atoms with Crippen LogP contribution in [0.15, 0.2) is 30.3 Å². The van der Waals surface area contributed by atoms with Gasteiger partial charge in [-0.15, -0.1) is 0 Å². The lowest BCUT2D eigenvalue weighted by Gasteiger charge is -2.42. The Morgan fingerprint density at radius 3 is 2.32 bits per heavy atom. The van der Waals surface area contributed by atoms with E-state index in [2.05, 4.69) is 46.0 Å². The van der Waals surface area contributed by atoms with E-state index in [1.165, 1.54) is 0 Å². The fourth-order valence-corrected chi connectivity index (χ4v) is 4.14. The molecule has 1 aromatic carbocycles. The molecule has 22 heavy (non-hydrogen) atoms. The van der Waals surface area contributed by atoms with E-state index in [-0.39, 0.29) is 17.1 Å². The fourth-order valence-electron chi connectivity index (χ4n) is 2.85. The van der Waals surface area contributed by atoms with Gasteiger partial charge in [-0.25, -0.2) is 0 Å². The molecule has 0 bridgehead atoms. The maximum atomic E-state index is 12.5. The lowest BCUT2D eigenvalue weighted by atomic mass is 9.82. The summed E-state index contributed by atoms with van der Waals surface area (Å²) in [5.74, 6) is 0.420. The molecule has 0 saturated heterocycles. The molecular weight excluding hydrogens is 288 g/mol. The minimum absolute atomic E-state index is 0.0327. The van der Waals surface area contributed by atoms with E-state index in [1.54, 1.807) is 0 Å². The summed E-state index contributed by atoms with van der Waals surface area (Å²) in [7, 11) is -1.92. The first kappa shape index (κ1) is 17.4. The molecule has 122 valence electrons. The topological polar surface area (TPSA) is 26.3 Å². The molecule has 0 aromatic heterocycles. The molecule has 2 nitrogen and oxygen atoms in total. The summed E-state index contributed by atoms with van der Waals surface area (Å²) in [4.78, 5) is 12.5. The molecule has 1 aliphatic carbocycles. The van der Waals surface area contributed by atoms with Gasteiger partial charge in [0.1, 0.15) is 5.78 Å². The van der Waals surface area contributed by atoms with Crippen molar-refractivity contribution in [2.24, 2.45) is 5.92 Å². The summed E-state index contributed by atoms with van der Waals surface area (Å²) in [6.07, 6.45) is 3.79. The molecule has 0 amide bonds. The van der Waals surface area contributed by atoms with Crippen molar-refractivity contribution in [3.63, 3.8) is 0 Å². The van der Waals surface area contributed by atoms with E-state index in [0.717, 1.165) is 31.2 Å². The predicted molar refractivity (Wildman–Crippen MR) is 94.4 cm³/mol. The Bertz CT molecular complexity index is 502. The highest BCUT2D eigenvalue weighted by atomic mass is 28.4. The number of Topliss-reactive ketones (excluding diaryl/α,β-unsaturated/α-hetero) is 1. The van der Waals surface area contributed by atoms with Crippen LogP contribution in [0.4, 0.5) is 0 Å². The molecule has 2 atom stereocenters. The zero-order valence-electron chi connectivity index (χ0n) is 14.7. The van der Waals surface area contributed by atoms with Crippen LogP contribution < -0.4 is 0 Å². The minimum atomic E-state index is -1.92. The van der Waals surface area contributed by atoms with E-state index >= 15 is 0 Å². The van der Waals surface area contributed by atoms with Crippen LogP contribution in [0.2, 0.25) is 18.1 Å². The predicted octanol–water partition coefficient (Wildman–Crippen LogP) is 5.51. The van der Waals surface area contributed by atoms with E-state index in [1.807, 2.05) is 18.2 Å². The van der Waals surface area contributed by atoms with Crippen LogP contribution in [0.3, 0.4) is 0 Å². The third kappa shape index (κ3) is 3.88. The monoisotopic (exact) mass is 318 g/mol. The fraction of sp³-hybridized carbons (Fsp3) is 0.632. The van der Waals surface area contributed by atoms with Crippen LogP contribution in [0.25, 0.3) is 0 Å². The van der Waals surface area contributed by atoms with E-state index in [4.69, 9.17) is 4.43 Å². The Morgan fingerprint density at radius 1 is 1.14 bits per heavy atom. The van der Waals surface area contributed by atoms with Crippen LogP contribution >= 0.6 is 0 Å². The number of benzene rings is 1. The summed E-state index contributed by atoms with van der Waals surface area (Å²) in [6, 6.07) is 10.3. The van der Waals surface area contributed by atoms with E-state index in [9.17, 15) is 4.79 Å². The molecule has 1 saturated carbocycles. The van der Waals surface area contributed by atoms with Crippen molar-refractivity contribution in [3.05, 3.63) is 35.9 Å². The normalized spacial score (nSPS) is 21.7. The van der Waals surface area contributed by atoms with Crippen LogP contribution in [0.1, 0.15) is 58.1 Å². The maximum absolute atomic E-state index is 12.5. The van der Waals surface area contributed by atoms with Gasteiger partial charge >= 0.3 is 0 Å². The van der Waals surface area contributed by atoms with Crippen molar-refractivity contribution in [2.45, 2.75) is 70.7 Å². The van der Waals surface area contributed by atoms with Crippen molar-refractivity contribution >= 4 is 14.1 Å². The van der Waals surface area contributed by atoms with Crippen LogP contribution in [-0.2, 0) is 9.22 Å². The highest BCUT2D eigenvalue weighted by molar-refractivity contribution is 6.74. The van der Waals surface area contributed by atoms with Gasteiger partial charge in [0.25, 0.3) is 0 Å². The molecular formula is C19H30O2Si. The average Bonchev–Trinajstić information content (AvgIpc) is 2.45. The summed E-state index contributed by atoms with van der Waals surface area (Å²) < 4.78 is 6.72. The Hall–Kier alpha value is -0.933. The molecule has 0 N–H and O–H groups in total. The first-order valence-electron chi connectivity index (χ1n) is 8.48. The highest BCUT2D eigenvalue weighted by Gasteiger charge is 2.42. The van der Waals surface area contributed by atoms with E-state index < -0.39 is 8.32 Å². The third-order valence-electron chi connectivity index (χ3n) is 5.32. The Kier molecular flexibility index (Phi) is 5.28.